The molecule has 3 aliphatic rings. The number of aryl methyl sites for hydroxylation is 1. The van der Waals surface area contributed by atoms with Crippen LogP contribution in [-0.4, -0.2) is 136 Å². The number of ketones is 1. The number of pyridine rings is 1. The number of nitrogens with one attached hydrogen (secondary N) is 3. The van der Waals surface area contributed by atoms with Gasteiger partial charge in [-0.25, -0.2) is 27.0 Å². The van der Waals surface area contributed by atoms with Crippen molar-refractivity contribution in [3.63, 3.8) is 0 Å². The molecule has 3 saturated heterocycles. The molecule has 21 heteroatoms. The van der Waals surface area contributed by atoms with Gasteiger partial charge in [-0.05, 0) is 66.9 Å². The molecule has 9 rings (SSSR count). The maximum absolute atomic E-state index is 15.8. The van der Waals surface area contributed by atoms with Crippen LogP contribution in [-0.2, 0) is 26.7 Å². The van der Waals surface area contributed by atoms with E-state index in [1.165, 1.54) is 18.1 Å². The van der Waals surface area contributed by atoms with Crippen molar-refractivity contribution in [2.75, 3.05) is 74.1 Å². The van der Waals surface area contributed by atoms with E-state index in [4.69, 9.17) is 5.41 Å². The SMILES string of the molecule is CCN(C)S(=O)(=O)C(=N)c1ccc(F)c(C(=O)c2c[nH]c3ncc(-c4ccc(N5CCN(C(=O)CC6(O)CCN(c7ccc8c(N9CCC(=O)NC9=O)nn(C)c8c7)CC6)CC5)cc4)cc23)c1F. The van der Waals surface area contributed by atoms with Crippen LogP contribution in [0, 0.1) is 17.0 Å². The number of amides is 4. The molecule has 0 bridgehead atoms. The topological polar surface area (TPSA) is 221 Å². The maximum Gasteiger partial charge on any atom is 0.329 e. The van der Waals surface area contributed by atoms with Crippen molar-refractivity contribution in [3.8, 4) is 11.1 Å². The molecule has 3 aromatic heterocycles. The number of hydrogen-bond acceptors (Lipinski definition) is 12. The van der Waals surface area contributed by atoms with E-state index < -0.39 is 55.2 Å². The second-order valence-electron chi connectivity index (χ2n) is 17.4. The van der Waals surface area contributed by atoms with E-state index in [1.54, 1.807) is 35.8 Å². The van der Waals surface area contributed by atoms with Crippen molar-refractivity contribution >= 4 is 77.8 Å². The van der Waals surface area contributed by atoms with E-state index in [0.717, 1.165) is 44.3 Å². The first-order valence-corrected chi connectivity index (χ1v) is 23.6. The molecule has 0 aliphatic carbocycles. The number of aromatic amines is 1. The minimum atomic E-state index is -4.40. The van der Waals surface area contributed by atoms with Crippen LogP contribution in [0.25, 0.3) is 33.1 Å². The largest absolute Gasteiger partial charge is 0.389 e. The first kappa shape index (κ1) is 46.0. The lowest BCUT2D eigenvalue weighted by Crippen LogP contribution is -2.52. The van der Waals surface area contributed by atoms with Gasteiger partial charge in [0.05, 0.1) is 23.1 Å². The van der Waals surface area contributed by atoms with E-state index >= 15 is 8.78 Å². The number of piperazine rings is 1. The number of nitrogens with zero attached hydrogens (tertiary/aromatic N) is 8. The average Bonchev–Trinajstić information content (AvgIpc) is 3.91. The summed E-state index contributed by atoms with van der Waals surface area (Å²) in [7, 11) is -1.37. The Kier molecular flexibility index (Phi) is 12.1. The van der Waals surface area contributed by atoms with E-state index in [2.05, 4.69) is 30.2 Å². The summed E-state index contributed by atoms with van der Waals surface area (Å²) in [4.78, 5) is 66.4. The van der Waals surface area contributed by atoms with Crippen LogP contribution in [0.1, 0.15) is 54.1 Å². The highest BCUT2D eigenvalue weighted by atomic mass is 32.2. The summed E-state index contributed by atoms with van der Waals surface area (Å²) in [5, 5.41) is 26.7. The zero-order chi connectivity index (χ0) is 48.2. The van der Waals surface area contributed by atoms with Gasteiger partial charge >= 0.3 is 6.03 Å². The van der Waals surface area contributed by atoms with Crippen molar-refractivity contribution < 1.29 is 41.5 Å². The number of fused-ring (bicyclic) bond motifs is 2. The summed E-state index contributed by atoms with van der Waals surface area (Å²) in [6, 6.07) is 16.3. The number of carbonyl (C=O) groups is 4. The first-order chi connectivity index (χ1) is 32.5. The summed E-state index contributed by atoms with van der Waals surface area (Å²) in [6.45, 7) is 5.00. The molecule has 0 saturated carbocycles. The Hall–Kier alpha value is -7.10. The molecule has 3 aliphatic heterocycles. The van der Waals surface area contributed by atoms with Crippen molar-refractivity contribution in [1.29, 1.82) is 5.41 Å². The second kappa shape index (κ2) is 17.8. The number of imide groups is 1. The second-order valence-corrected chi connectivity index (χ2v) is 19.4. The summed E-state index contributed by atoms with van der Waals surface area (Å²) in [5.41, 5.74) is 1.40. The Labute approximate surface area is 389 Å². The maximum atomic E-state index is 15.8. The summed E-state index contributed by atoms with van der Waals surface area (Å²) < 4.78 is 59.1. The quantitative estimate of drug-likeness (QED) is 0.0789. The number of urea groups is 1. The number of aromatic nitrogens is 4. The Balaban J connectivity index is 0.805. The molecule has 4 amide bonds. The fourth-order valence-corrected chi connectivity index (χ4v) is 10.2. The monoisotopic (exact) mass is 949 g/mol. The highest BCUT2D eigenvalue weighted by Gasteiger charge is 2.37. The van der Waals surface area contributed by atoms with Crippen molar-refractivity contribution in [3.05, 3.63) is 101 Å². The van der Waals surface area contributed by atoms with Gasteiger partial charge in [0, 0.05) is 124 Å². The van der Waals surface area contributed by atoms with Crippen LogP contribution in [0.4, 0.5) is 30.8 Å². The Morgan fingerprint density at radius 2 is 1.57 bits per heavy atom. The zero-order valence-electron chi connectivity index (χ0n) is 37.6. The van der Waals surface area contributed by atoms with Gasteiger partial charge in [-0.15, -0.1) is 0 Å². The van der Waals surface area contributed by atoms with Gasteiger partial charge in [0.15, 0.2) is 10.9 Å². The number of H-pyrrole nitrogens is 1. The lowest BCUT2D eigenvalue weighted by Gasteiger charge is -2.41. The summed E-state index contributed by atoms with van der Waals surface area (Å²) in [6.07, 6.45) is 3.93. The number of sulfonamides is 1. The van der Waals surface area contributed by atoms with Crippen LogP contribution in [0.2, 0.25) is 0 Å². The predicted molar refractivity (Wildman–Crippen MR) is 251 cm³/mol. The highest BCUT2D eigenvalue weighted by molar-refractivity contribution is 8.04. The van der Waals surface area contributed by atoms with Crippen LogP contribution in [0.15, 0.2) is 73.1 Å². The molecule has 6 heterocycles. The smallest absolute Gasteiger partial charge is 0.329 e. The van der Waals surface area contributed by atoms with Gasteiger partial charge in [0.2, 0.25) is 17.6 Å². The normalized spacial score (nSPS) is 16.8. The first-order valence-electron chi connectivity index (χ1n) is 22.2. The third-order valence-corrected chi connectivity index (χ3v) is 15.1. The molecule has 0 radical (unpaired) electrons. The molecular weight excluding hydrogens is 901 g/mol. The lowest BCUT2D eigenvalue weighted by molar-refractivity contribution is -0.137. The third-order valence-electron chi connectivity index (χ3n) is 13.3. The summed E-state index contributed by atoms with van der Waals surface area (Å²) in [5.74, 6) is -3.64. The van der Waals surface area contributed by atoms with Crippen LogP contribution >= 0.6 is 0 Å². The minimum absolute atomic E-state index is 0.00959. The lowest BCUT2D eigenvalue weighted by atomic mass is 9.87. The van der Waals surface area contributed by atoms with Crippen molar-refractivity contribution in [2.24, 2.45) is 7.05 Å². The van der Waals surface area contributed by atoms with E-state index in [0.29, 0.717) is 63.5 Å². The number of anilines is 3. The minimum Gasteiger partial charge on any atom is -0.389 e. The van der Waals surface area contributed by atoms with Crippen molar-refractivity contribution in [2.45, 2.75) is 38.2 Å². The molecular formula is C47H49F2N11O7S. The highest BCUT2D eigenvalue weighted by Crippen LogP contribution is 2.35. The Morgan fingerprint density at radius 3 is 2.26 bits per heavy atom. The van der Waals surface area contributed by atoms with Gasteiger partial charge < -0.3 is 24.8 Å². The molecule has 0 spiro atoms. The van der Waals surface area contributed by atoms with Gasteiger partial charge in [-0.2, -0.15) is 9.40 Å². The molecule has 6 aromatic rings. The molecule has 3 aromatic carbocycles. The number of halogens is 2. The molecule has 0 atom stereocenters. The Morgan fingerprint density at radius 1 is 0.882 bits per heavy atom. The van der Waals surface area contributed by atoms with Gasteiger partial charge in [-0.3, -0.25) is 34.7 Å². The van der Waals surface area contributed by atoms with Crippen molar-refractivity contribution in [1.82, 2.24) is 34.3 Å². The van der Waals surface area contributed by atoms with Gasteiger partial charge in [-0.1, -0.05) is 19.1 Å². The molecule has 0 unspecified atom stereocenters. The van der Waals surface area contributed by atoms with Crippen LogP contribution in [0.3, 0.4) is 0 Å². The number of hydrogen-bond donors (Lipinski definition) is 4. The number of benzene rings is 3. The third kappa shape index (κ3) is 8.45. The average molecular weight is 950 g/mol. The number of aliphatic hydroxyl groups is 1. The van der Waals surface area contributed by atoms with Gasteiger partial charge in [0.1, 0.15) is 17.3 Å². The number of piperidine rings is 1. The molecule has 18 nitrogen and oxygen atoms in total. The molecule has 4 N–H and O–H groups in total. The fourth-order valence-electron chi connectivity index (χ4n) is 9.10. The molecule has 3 fully saturated rings. The number of rotatable bonds is 11. The van der Waals surface area contributed by atoms with Crippen LogP contribution in [0.5, 0.6) is 0 Å². The molecule has 68 heavy (non-hydrogen) atoms. The summed E-state index contributed by atoms with van der Waals surface area (Å²) >= 11 is 0. The number of carbonyl (C=O) groups excluding carboxylic acids is 4. The fraction of sp³-hybridized carbons (Fsp3) is 0.340. The predicted octanol–water partition coefficient (Wildman–Crippen LogP) is 4.75. The standard InChI is InChI=1S/C47H49F2N11O7S/c1-4-55(2)68(66,67)43(50)33-11-12-36(48)40(41(33)49)42(63)35-27-52-44-34(35)23-29(26-51-44)28-5-7-30(8-6-28)58-19-21-59(22-20-58)39(62)25-47(65)14-17-57(18-15-47)31-9-10-32-37(24-31)56(3)54-45(32)60-16-13-38(61)53-46(60)64/h5-12,23-24,26-27,50,65H,4,13-22,25H2,1-3H3,(H,51,52)(H,53,61,64). The van der Waals surface area contributed by atoms with E-state index in [-0.39, 0.29) is 54.3 Å². The van der Waals surface area contributed by atoms with Crippen LogP contribution < -0.4 is 20.0 Å². The van der Waals surface area contributed by atoms with Gasteiger partial charge in [0.25, 0.3) is 10.0 Å². The van der Waals surface area contributed by atoms with E-state index in [1.807, 2.05) is 42.5 Å². The van der Waals surface area contributed by atoms with E-state index in [9.17, 15) is 32.7 Å². The zero-order valence-corrected chi connectivity index (χ0v) is 38.4. The Bertz CT molecular complexity index is 3140. The molecule has 354 valence electrons.